The number of methoxy groups -OCH3 is 1. The summed E-state index contributed by atoms with van der Waals surface area (Å²) in [5.74, 6) is 1.37. The molecule has 0 saturated carbocycles. The van der Waals surface area contributed by atoms with Gasteiger partial charge in [-0.1, -0.05) is 13.0 Å². The molecule has 7 heteroatoms. The second-order valence-electron chi connectivity index (χ2n) is 6.08. The Bertz CT molecular complexity index is 606. The fourth-order valence-corrected chi connectivity index (χ4v) is 2.99. The molecule has 2 atom stereocenters. The molecule has 7 nitrogen and oxygen atoms in total. The topological polar surface area (TPSA) is 76.1 Å². The highest BCUT2D eigenvalue weighted by Gasteiger charge is 2.36. The fourth-order valence-electron chi connectivity index (χ4n) is 2.99. The van der Waals surface area contributed by atoms with Crippen LogP contribution in [0.4, 0.5) is 0 Å². The third-order valence-corrected chi connectivity index (χ3v) is 4.28. The minimum Gasteiger partial charge on any atom is -0.478 e. The number of ether oxygens (including phenoxy) is 2. The first-order chi connectivity index (χ1) is 12.1. The fraction of sp³-hybridized carbons (Fsp3) is 0.611. The van der Waals surface area contributed by atoms with Gasteiger partial charge >= 0.3 is 5.97 Å². The molecular weight excluding hydrogens is 320 g/mol. The van der Waals surface area contributed by atoms with Gasteiger partial charge in [0.1, 0.15) is 0 Å². The number of nitrogens with one attached hydrogen (secondary N) is 1. The molecule has 0 amide bonds. The Hall–Kier alpha value is -2.31. The summed E-state index contributed by atoms with van der Waals surface area (Å²) >= 11 is 0. The van der Waals surface area contributed by atoms with Gasteiger partial charge in [0.15, 0.2) is 5.96 Å². The molecule has 0 spiro atoms. The van der Waals surface area contributed by atoms with Crippen LogP contribution in [-0.2, 0) is 16.1 Å². The summed E-state index contributed by atoms with van der Waals surface area (Å²) in [5.41, 5.74) is 0.941. The highest BCUT2D eigenvalue weighted by atomic mass is 16.5. The summed E-state index contributed by atoms with van der Waals surface area (Å²) in [6, 6.07) is 3.85. The number of rotatable bonds is 6. The zero-order valence-electron chi connectivity index (χ0n) is 15.5. The molecule has 0 radical (unpaired) electrons. The lowest BCUT2D eigenvalue weighted by Gasteiger charge is -2.21. The van der Waals surface area contributed by atoms with Crippen molar-refractivity contribution in [3.63, 3.8) is 0 Å². The number of carbonyl (C=O) groups excluding carboxylic acids is 1. The molecule has 1 aromatic rings. The minimum atomic E-state index is -0.156. The molecule has 25 heavy (non-hydrogen) atoms. The van der Waals surface area contributed by atoms with Crippen molar-refractivity contribution in [3.05, 3.63) is 23.9 Å². The number of hydrogen-bond acceptors (Lipinski definition) is 5. The zero-order valence-corrected chi connectivity index (χ0v) is 15.5. The van der Waals surface area contributed by atoms with Gasteiger partial charge in [0.2, 0.25) is 5.88 Å². The van der Waals surface area contributed by atoms with Crippen molar-refractivity contribution in [2.45, 2.75) is 27.3 Å². The van der Waals surface area contributed by atoms with Crippen LogP contribution in [0.1, 0.15) is 26.3 Å². The number of carbonyl (C=O) groups is 1. The first-order valence-corrected chi connectivity index (χ1v) is 8.78. The maximum atomic E-state index is 11.9. The second-order valence-corrected chi connectivity index (χ2v) is 6.08. The Kier molecular flexibility index (Phi) is 7.03. The van der Waals surface area contributed by atoms with E-state index >= 15 is 0 Å². The largest absolute Gasteiger partial charge is 0.478 e. The molecule has 1 fully saturated rings. The summed E-state index contributed by atoms with van der Waals surface area (Å²) in [5, 5.41) is 3.31. The molecule has 1 aliphatic heterocycles. The number of pyridine rings is 1. The van der Waals surface area contributed by atoms with Crippen LogP contribution >= 0.6 is 0 Å². The number of hydrogen-bond donors (Lipinski definition) is 1. The summed E-state index contributed by atoms with van der Waals surface area (Å²) in [7, 11) is 1.44. The predicted octanol–water partition coefficient (Wildman–Crippen LogP) is 1.69. The lowest BCUT2D eigenvalue weighted by Crippen LogP contribution is -2.40. The van der Waals surface area contributed by atoms with Crippen molar-refractivity contribution in [2.24, 2.45) is 16.8 Å². The van der Waals surface area contributed by atoms with Gasteiger partial charge in [-0.15, -0.1) is 0 Å². The van der Waals surface area contributed by atoms with E-state index < -0.39 is 0 Å². The Labute approximate surface area is 149 Å². The maximum Gasteiger partial charge on any atom is 0.310 e. The van der Waals surface area contributed by atoms with E-state index in [1.165, 1.54) is 7.11 Å². The Balaban J connectivity index is 2.13. The molecular formula is C18H28N4O3. The van der Waals surface area contributed by atoms with Crippen molar-refractivity contribution >= 4 is 11.9 Å². The molecule has 2 heterocycles. The number of likely N-dealkylation sites (tertiary alicyclic amines) is 1. The van der Waals surface area contributed by atoms with Gasteiger partial charge in [0.05, 0.1) is 26.2 Å². The van der Waals surface area contributed by atoms with Crippen molar-refractivity contribution in [2.75, 3.05) is 33.4 Å². The number of aliphatic imine (C=N–C) groups is 1. The lowest BCUT2D eigenvalue weighted by atomic mass is 9.99. The maximum absolute atomic E-state index is 11.9. The molecule has 1 aliphatic rings. The molecule has 2 unspecified atom stereocenters. The van der Waals surface area contributed by atoms with Crippen molar-refractivity contribution in [1.29, 1.82) is 0 Å². The average Bonchev–Trinajstić information content (AvgIpc) is 3.01. The van der Waals surface area contributed by atoms with Crippen LogP contribution in [0.2, 0.25) is 0 Å². The lowest BCUT2D eigenvalue weighted by molar-refractivity contribution is -0.145. The Morgan fingerprint density at radius 2 is 2.24 bits per heavy atom. The number of nitrogens with zero attached hydrogens (tertiary/aromatic N) is 3. The standard InChI is InChI=1S/C18H28N4O3/c1-5-19-18(22-11-13(3)15(12-22)17(23)24-4)21-10-14-8-7-9-20-16(14)25-6-2/h7-9,13,15H,5-6,10-12H2,1-4H3,(H,19,21). The number of guanidine groups is 1. The number of esters is 1. The number of aromatic nitrogens is 1. The van der Waals surface area contributed by atoms with Crippen molar-refractivity contribution in [1.82, 2.24) is 15.2 Å². The van der Waals surface area contributed by atoms with Crippen LogP contribution in [-0.4, -0.2) is 55.2 Å². The van der Waals surface area contributed by atoms with Crippen molar-refractivity contribution in [3.8, 4) is 5.88 Å². The van der Waals surface area contributed by atoms with Gasteiger partial charge < -0.3 is 19.7 Å². The summed E-state index contributed by atoms with van der Waals surface area (Å²) < 4.78 is 10.5. The van der Waals surface area contributed by atoms with Crippen LogP contribution in [0.15, 0.2) is 23.3 Å². The smallest absolute Gasteiger partial charge is 0.310 e. The van der Waals surface area contributed by atoms with Gasteiger partial charge in [-0.05, 0) is 25.8 Å². The van der Waals surface area contributed by atoms with E-state index in [-0.39, 0.29) is 17.8 Å². The SMILES string of the molecule is CCNC(=NCc1cccnc1OCC)N1CC(C)C(C(=O)OC)C1. The summed E-state index contributed by atoms with van der Waals surface area (Å²) in [6.07, 6.45) is 1.71. The van der Waals surface area contributed by atoms with Gasteiger partial charge in [0, 0.05) is 31.4 Å². The highest BCUT2D eigenvalue weighted by Crippen LogP contribution is 2.24. The van der Waals surface area contributed by atoms with Crippen LogP contribution in [0.5, 0.6) is 5.88 Å². The van der Waals surface area contributed by atoms with Gasteiger partial charge in [-0.2, -0.15) is 0 Å². The Morgan fingerprint density at radius 3 is 2.92 bits per heavy atom. The van der Waals surface area contributed by atoms with Crippen LogP contribution in [0, 0.1) is 11.8 Å². The van der Waals surface area contributed by atoms with Crippen molar-refractivity contribution < 1.29 is 14.3 Å². The van der Waals surface area contributed by atoms with Crippen LogP contribution < -0.4 is 10.1 Å². The van der Waals surface area contributed by atoms with E-state index in [9.17, 15) is 4.79 Å². The van der Waals surface area contributed by atoms with Crippen LogP contribution in [0.25, 0.3) is 0 Å². The average molecular weight is 348 g/mol. The monoisotopic (exact) mass is 348 g/mol. The molecule has 0 aliphatic carbocycles. The third-order valence-electron chi connectivity index (χ3n) is 4.28. The van der Waals surface area contributed by atoms with Gasteiger partial charge in [0.25, 0.3) is 0 Å². The van der Waals surface area contributed by atoms with E-state index in [4.69, 9.17) is 14.5 Å². The molecule has 0 bridgehead atoms. The predicted molar refractivity (Wildman–Crippen MR) is 96.5 cm³/mol. The minimum absolute atomic E-state index is 0.119. The highest BCUT2D eigenvalue weighted by molar-refractivity contribution is 5.82. The van der Waals surface area contributed by atoms with Gasteiger partial charge in [-0.3, -0.25) is 4.79 Å². The Morgan fingerprint density at radius 1 is 1.44 bits per heavy atom. The molecule has 1 aromatic heterocycles. The zero-order chi connectivity index (χ0) is 18.2. The molecule has 1 saturated heterocycles. The van der Waals surface area contributed by atoms with Crippen LogP contribution in [0.3, 0.4) is 0 Å². The van der Waals surface area contributed by atoms with E-state index in [1.807, 2.05) is 26.0 Å². The van der Waals surface area contributed by atoms with E-state index in [0.717, 1.165) is 24.6 Å². The summed E-state index contributed by atoms with van der Waals surface area (Å²) in [4.78, 5) is 23.0. The molecule has 1 N–H and O–H groups in total. The third kappa shape index (κ3) is 4.84. The first-order valence-electron chi connectivity index (χ1n) is 8.78. The van der Waals surface area contributed by atoms with E-state index in [2.05, 4.69) is 22.1 Å². The first kappa shape index (κ1) is 19.0. The molecule has 138 valence electrons. The van der Waals surface area contributed by atoms with E-state index in [0.29, 0.717) is 25.6 Å². The summed E-state index contributed by atoms with van der Waals surface area (Å²) in [6.45, 7) is 9.23. The van der Waals surface area contributed by atoms with E-state index in [1.54, 1.807) is 6.20 Å². The quantitative estimate of drug-likeness (QED) is 0.479. The normalized spacial score (nSPS) is 20.5. The molecule has 0 aromatic carbocycles. The van der Waals surface area contributed by atoms with Gasteiger partial charge in [-0.25, -0.2) is 9.98 Å². The second kappa shape index (κ2) is 9.25. The molecule has 2 rings (SSSR count).